The smallest absolute Gasteiger partial charge is 0.157 e. The number of hydrogen-bond acceptors (Lipinski definition) is 5. The number of halogens is 1. The summed E-state index contributed by atoms with van der Waals surface area (Å²) in [4.78, 5) is 8.90. The second-order valence-electron chi connectivity index (χ2n) is 4.37. The van der Waals surface area contributed by atoms with E-state index in [0.717, 1.165) is 23.6 Å². The maximum Gasteiger partial charge on any atom is 0.157 e. The van der Waals surface area contributed by atoms with Gasteiger partial charge in [0, 0.05) is 25.3 Å². The van der Waals surface area contributed by atoms with Gasteiger partial charge >= 0.3 is 0 Å². The molecule has 0 fully saturated rings. The number of nitrogens with zero attached hydrogens (tertiary/aromatic N) is 2. The Morgan fingerprint density at radius 1 is 1.19 bits per heavy atom. The van der Waals surface area contributed by atoms with Crippen LogP contribution in [-0.4, -0.2) is 30.7 Å². The quantitative estimate of drug-likeness (QED) is 0.886. The summed E-state index contributed by atoms with van der Waals surface area (Å²) in [6.45, 7) is 3.16. The van der Waals surface area contributed by atoms with Crippen LogP contribution in [0.4, 0.5) is 5.82 Å². The molecule has 0 atom stereocenters. The molecule has 0 unspecified atom stereocenters. The van der Waals surface area contributed by atoms with E-state index in [-0.39, 0.29) is 0 Å². The molecule has 1 aromatic heterocycles. The lowest BCUT2D eigenvalue weighted by atomic mass is 10.1. The molecule has 112 valence electrons. The number of nitrogens with one attached hydrogen (secondary N) is 1. The van der Waals surface area contributed by atoms with Gasteiger partial charge in [-0.25, -0.2) is 9.97 Å². The molecule has 6 heteroatoms. The van der Waals surface area contributed by atoms with E-state index < -0.39 is 0 Å². The van der Waals surface area contributed by atoms with Crippen molar-refractivity contribution < 1.29 is 9.47 Å². The van der Waals surface area contributed by atoms with E-state index in [0.29, 0.717) is 23.2 Å². The normalized spacial score (nSPS) is 10.5. The first-order valence-electron chi connectivity index (χ1n) is 6.62. The molecule has 2 aromatic rings. The minimum Gasteiger partial charge on any atom is -0.495 e. The highest BCUT2D eigenvalue weighted by atomic mass is 35.5. The lowest BCUT2D eigenvalue weighted by Crippen LogP contribution is -2.05. The number of benzene rings is 1. The van der Waals surface area contributed by atoms with Crippen LogP contribution in [0.1, 0.15) is 12.7 Å². The van der Waals surface area contributed by atoms with Crippen molar-refractivity contribution in [2.24, 2.45) is 0 Å². The number of methoxy groups -OCH3 is 2. The van der Waals surface area contributed by atoms with Crippen LogP contribution in [0, 0.1) is 0 Å². The molecular weight excluding hydrogens is 290 g/mol. The van der Waals surface area contributed by atoms with Crippen LogP contribution in [-0.2, 0) is 11.3 Å². The summed E-state index contributed by atoms with van der Waals surface area (Å²) in [6, 6.07) is 7.45. The molecule has 0 aliphatic heterocycles. The molecule has 21 heavy (non-hydrogen) atoms. The number of rotatable bonds is 6. The maximum absolute atomic E-state index is 6.06. The van der Waals surface area contributed by atoms with Gasteiger partial charge in [-0.1, -0.05) is 17.7 Å². The average molecular weight is 308 g/mol. The molecule has 0 spiro atoms. The number of hydrogen-bond donors (Lipinski definition) is 1. The molecule has 1 N–H and O–H groups in total. The number of aromatic nitrogens is 2. The largest absolute Gasteiger partial charge is 0.495 e. The van der Waals surface area contributed by atoms with Crippen LogP contribution in [0.5, 0.6) is 5.75 Å². The van der Waals surface area contributed by atoms with Crippen molar-refractivity contribution in [3.05, 3.63) is 35.1 Å². The van der Waals surface area contributed by atoms with Gasteiger partial charge in [0.25, 0.3) is 0 Å². The first-order valence-corrected chi connectivity index (χ1v) is 7.00. The maximum atomic E-state index is 6.06. The van der Waals surface area contributed by atoms with Crippen LogP contribution in [0.3, 0.4) is 0 Å². The molecule has 2 rings (SSSR count). The highest BCUT2D eigenvalue weighted by Gasteiger charge is 2.09. The van der Waals surface area contributed by atoms with Gasteiger partial charge in [-0.2, -0.15) is 0 Å². The fourth-order valence-corrected chi connectivity index (χ4v) is 2.12. The van der Waals surface area contributed by atoms with Gasteiger partial charge in [-0.15, -0.1) is 0 Å². The average Bonchev–Trinajstić information content (AvgIpc) is 2.48. The van der Waals surface area contributed by atoms with Gasteiger partial charge in [0.05, 0.1) is 17.8 Å². The zero-order chi connectivity index (χ0) is 15.2. The Morgan fingerprint density at radius 3 is 2.67 bits per heavy atom. The van der Waals surface area contributed by atoms with Crippen LogP contribution < -0.4 is 10.1 Å². The van der Waals surface area contributed by atoms with Crippen molar-refractivity contribution in [3.63, 3.8) is 0 Å². The van der Waals surface area contributed by atoms with Gasteiger partial charge in [-0.05, 0) is 19.1 Å². The molecule has 0 bridgehead atoms. The summed E-state index contributed by atoms with van der Waals surface area (Å²) in [5, 5.41) is 3.76. The van der Waals surface area contributed by atoms with Gasteiger partial charge < -0.3 is 14.8 Å². The van der Waals surface area contributed by atoms with Crippen LogP contribution in [0.15, 0.2) is 24.3 Å². The summed E-state index contributed by atoms with van der Waals surface area (Å²) < 4.78 is 10.4. The Kier molecular flexibility index (Phi) is 5.36. The molecule has 0 aliphatic carbocycles. The third kappa shape index (κ3) is 3.83. The predicted octanol–water partition coefficient (Wildman–Crippen LogP) is 3.38. The fraction of sp³-hybridized carbons (Fsp3) is 0.333. The van der Waals surface area contributed by atoms with E-state index in [1.54, 1.807) is 20.3 Å². The minimum atomic E-state index is 0.358. The Bertz CT molecular complexity index is 596. The molecule has 0 radical (unpaired) electrons. The third-order valence-corrected chi connectivity index (χ3v) is 3.16. The number of anilines is 1. The highest BCUT2D eigenvalue weighted by Crippen LogP contribution is 2.30. The number of ether oxygens (including phenoxy) is 2. The molecule has 1 heterocycles. The van der Waals surface area contributed by atoms with Crippen molar-refractivity contribution in [2.75, 3.05) is 26.1 Å². The summed E-state index contributed by atoms with van der Waals surface area (Å²) in [7, 11) is 3.21. The van der Waals surface area contributed by atoms with Crippen LogP contribution >= 0.6 is 11.6 Å². The van der Waals surface area contributed by atoms with E-state index in [9.17, 15) is 0 Å². The Morgan fingerprint density at radius 2 is 2.00 bits per heavy atom. The first-order chi connectivity index (χ1) is 10.2. The summed E-state index contributed by atoms with van der Waals surface area (Å²) >= 11 is 6.06. The Balaban J connectivity index is 2.46. The minimum absolute atomic E-state index is 0.358. The Hall–Kier alpha value is -1.85. The lowest BCUT2D eigenvalue weighted by molar-refractivity contribution is 0.178. The van der Waals surface area contributed by atoms with Crippen molar-refractivity contribution in [1.82, 2.24) is 9.97 Å². The zero-order valence-electron chi connectivity index (χ0n) is 12.3. The van der Waals surface area contributed by atoms with E-state index in [1.165, 1.54) is 0 Å². The summed E-state index contributed by atoms with van der Waals surface area (Å²) in [5.41, 5.74) is 1.71. The van der Waals surface area contributed by atoms with Crippen LogP contribution in [0.25, 0.3) is 11.3 Å². The molecule has 0 saturated heterocycles. The van der Waals surface area contributed by atoms with E-state index in [2.05, 4.69) is 15.3 Å². The zero-order valence-corrected chi connectivity index (χ0v) is 13.1. The van der Waals surface area contributed by atoms with Crippen molar-refractivity contribution in [2.45, 2.75) is 13.5 Å². The third-order valence-electron chi connectivity index (χ3n) is 2.85. The molecule has 1 aromatic carbocycles. The molecular formula is C15H18ClN3O2. The van der Waals surface area contributed by atoms with Gasteiger partial charge in [0.2, 0.25) is 0 Å². The highest BCUT2D eigenvalue weighted by molar-refractivity contribution is 6.32. The predicted molar refractivity (Wildman–Crippen MR) is 83.9 cm³/mol. The van der Waals surface area contributed by atoms with Crippen molar-refractivity contribution in [3.8, 4) is 17.0 Å². The van der Waals surface area contributed by atoms with E-state index in [4.69, 9.17) is 21.1 Å². The van der Waals surface area contributed by atoms with Crippen molar-refractivity contribution in [1.29, 1.82) is 0 Å². The first kappa shape index (κ1) is 15.5. The van der Waals surface area contributed by atoms with Gasteiger partial charge in [-0.3, -0.25) is 0 Å². The van der Waals surface area contributed by atoms with Gasteiger partial charge in [0.1, 0.15) is 18.2 Å². The molecule has 0 saturated carbocycles. The SMILES string of the molecule is CCNc1cc(-c2ccc(Cl)c(OC)c2)nc(COC)n1. The molecule has 0 aliphatic rings. The molecule has 5 nitrogen and oxygen atoms in total. The van der Waals surface area contributed by atoms with Crippen LogP contribution in [0.2, 0.25) is 5.02 Å². The second-order valence-corrected chi connectivity index (χ2v) is 4.77. The second kappa shape index (κ2) is 7.24. The van der Waals surface area contributed by atoms with Gasteiger partial charge in [0.15, 0.2) is 5.82 Å². The van der Waals surface area contributed by atoms with E-state index >= 15 is 0 Å². The standard InChI is InChI=1S/C15H18ClN3O2/c1-4-17-14-8-12(18-15(19-14)9-20-2)10-5-6-11(16)13(7-10)21-3/h5-8H,4,9H2,1-3H3,(H,17,18,19). The monoisotopic (exact) mass is 307 g/mol. The summed E-state index contributed by atoms with van der Waals surface area (Å²) in [6.07, 6.45) is 0. The van der Waals surface area contributed by atoms with Crippen molar-refractivity contribution >= 4 is 17.4 Å². The summed E-state index contributed by atoms with van der Waals surface area (Å²) in [5.74, 6) is 2.01. The Labute approximate surface area is 129 Å². The fourth-order valence-electron chi connectivity index (χ4n) is 1.93. The molecule has 0 amide bonds. The van der Waals surface area contributed by atoms with E-state index in [1.807, 2.05) is 25.1 Å². The topological polar surface area (TPSA) is 56.3 Å². The lowest BCUT2D eigenvalue weighted by Gasteiger charge is -2.10.